The molecule has 30 nitrogen and oxygen atoms in total. The van der Waals surface area contributed by atoms with Gasteiger partial charge >= 0.3 is 109 Å². The fourth-order valence-electron chi connectivity index (χ4n) is 13.5. The van der Waals surface area contributed by atoms with E-state index in [-0.39, 0.29) is 128 Å². The maximum Gasteiger partial charge on any atom is 2.00 e. The summed E-state index contributed by atoms with van der Waals surface area (Å²) in [7, 11) is 0. The molecule has 0 amide bonds. The molecule has 18 heterocycles. The molecule has 0 saturated carbocycles. The van der Waals surface area contributed by atoms with Crippen LogP contribution in [0.3, 0.4) is 0 Å². The Kier molecular flexibility index (Phi) is 31.6. The van der Waals surface area contributed by atoms with Gasteiger partial charge in [0.05, 0.1) is 70.2 Å². The number of pyridine rings is 10. The summed E-state index contributed by atoms with van der Waals surface area (Å²) in [5.41, 5.74) is 0.126. The minimum absolute atomic E-state index is 0. The molecule has 0 N–H and O–H groups in total. The summed E-state index contributed by atoms with van der Waals surface area (Å²) in [6.07, 6.45) is 2.97. The molecule has 46 heteroatoms. The first-order valence-corrected chi connectivity index (χ1v) is 40.5. The van der Waals surface area contributed by atoms with Crippen LogP contribution in [0.15, 0.2) is 182 Å². The molecule has 0 saturated heterocycles. The number of alkyl halides is 12. The molecule has 0 atom stereocenters. The second kappa shape index (κ2) is 41.7. The molecular weight excluding hydrogens is 2560 g/mol. The maximum absolute atomic E-state index is 13.2. The fourth-order valence-corrected chi connectivity index (χ4v) is 13.5. The van der Waals surface area contributed by atoms with Crippen molar-refractivity contribution in [1.82, 2.24) is 128 Å². The Hall–Kier alpha value is -14.4. The Labute approximate surface area is 847 Å². The third-order valence-electron chi connectivity index (χ3n) is 21.4. The minimum atomic E-state index is -5.46. The van der Waals surface area contributed by atoms with Crippen LogP contribution < -0.4 is 0 Å². The molecule has 0 bridgehead atoms. The van der Waals surface area contributed by atoms with E-state index in [1.807, 2.05) is 163 Å². The molecule has 0 fully saturated rings. The van der Waals surface area contributed by atoms with Crippen LogP contribution in [-0.2, 0) is 131 Å². The monoisotopic (exact) mass is 2620 g/mol. The van der Waals surface area contributed by atoms with Crippen LogP contribution in [0.1, 0.15) is 157 Å². The van der Waals surface area contributed by atoms with Gasteiger partial charge in [0, 0.05) is 102 Å². The van der Waals surface area contributed by atoms with Crippen LogP contribution in [0.4, 0.5) is 64.2 Å². The van der Waals surface area contributed by atoms with Crippen molar-refractivity contribution in [2.24, 2.45) is 0 Å². The summed E-state index contributed by atoms with van der Waals surface area (Å²) < 4.78 is 168. The maximum atomic E-state index is 13.2. The second-order valence-electron chi connectivity index (χ2n) is 32.2. The topological polar surface area (TPSA) is 328 Å². The molecule has 0 unspecified atom stereocenters. The van der Waals surface area contributed by atoms with Crippen LogP contribution in [0.5, 0.6) is 0 Å². The fraction of sp³-hybridized carbons (Fsp3) is 0.213. The van der Waals surface area contributed by atoms with Gasteiger partial charge in [-0.1, -0.05) is 187 Å². The largest absolute Gasteiger partial charge is 2.00 e. The molecule has 0 aromatic carbocycles. The van der Waals surface area contributed by atoms with E-state index in [0.29, 0.717) is 45.7 Å². The summed E-state index contributed by atoms with van der Waals surface area (Å²) in [5, 5.41) is 50.5. The van der Waals surface area contributed by atoms with Crippen LogP contribution in [0.2, 0.25) is 0 Å². The molecule has 0 radical (unpaired) electrons. The number of halogens is 12. The van der Waals surface area contributed by atoms with Crippen LogP contribution in [0, 0.1) is 113 Å². The molecular formula is C94H66F12N30Pt4. The van der Waals surface area contributed by atoms with Crippen molar-refractivity contribution in [1.29, 1.82) is 10.5 Å². The molecule has 18 aromatic rings. The second-order valence-corrected chi connectivity index (χ2v) is 32.2. The van der Waals surface area contributed by atoms with Gasteiger partial charge in [0.1, 0.15) is 5.69 Å². The third kappa shape index (κ3) is 22.5. The zero-order valence-corrected chi connectivity index (χ0v) is 83.6. The van der Waals surface area contributed by atoms with Crippen molar-refractivity contribution in [3.8, 4) is 58.7 Å². The molecule has 140 heavy (non-hydrogen) atoms. The van der Waals surface area contributed by atoms with E-state index >= 15 is 0 Å². The van der Waals surface area contributed by atoms with E-state index in [4.69, 9.17) is 43.6 Å². The van der Waals surface area contributed by atoms with Crippen LogP contribution in [-0.4, -0.2) is 128 Å². The molecule has 18 aromatic heterocycles. The van der Waals surface area contributed by atoms with Crippen molar-refractivity contribution in [3.63, 3.8) is 0 Å². The van der Waals surface area contributed by atoms with E-state index in [2.05, 4.69) is 145 Å². The Bertz CT molecular complexity index is 7080. The number of aromatic nitrogens is 26. The first-order valence-electron chi connectivity index (χ1n) is 40.5. The van der Waals surface area contributed by atoms with Gasteiger partial charge in [-0.3, -0.25) is 95.6 Å². The number of hydrogen-bond acceptors (Lipinski definition) is 20. The van der Waals surface area contributed by atoms with Crippen molar-refractivity contribution in [2.75, 3.05) is 0 Å². The number of aryl methyl sites for hydroxylation is 4. The zero-order chi connectivity index (χ0) is 97.5. The molecule has 0 aliphatic carbocycles. The first-order chi connectivity index (χ1) is 64.3. The van der Waals surface area contributed by atoms with Gasteiger partial charge < -0.3 is 37.6 Å². The molecule has 0 aliphatic heterocycles. The standard InChI is InChI=1S/C25H18N8.C23H12F12N6.C23H12N10.C23H24N6.4Pt/c1-25(2,21-9-3-11-23(28-21)32-15-19-17(30-32)7-5-13-26-19)22-10-4-12-24(29-22)33-16-20-18(31-33)8-6-14-27-20;1-19(2,13-5-3-7-15(36-13)40-9-11(20(24,25)26)17(38-40)22(30,31)32)14-6-4-8-16(37-14)41-10-12(21(27,28)29)18(39-41)23(33,34)35;1-23(2,18-7-5-9-20(28-18)32-13-15(11-24)22(27-4)31-32)19-8-6-10-21(29-19)33-14-17(26-3)16(12-25)30-33;1-15-13-28(26-17(15)3)21-11-7-9-19(24-21)23(5,6)20-10-8-12-22(25-20)29-14-16(2)18(4)27-29;;;;/h3-14H,1-2H3;3-8H,1-2H3;5-10H,1-2H3;7-12H,1-6H3;;;;/q4*-2;4*+2. The van der Waals surface area contributed by atoms with E-state index in [9.17, 15) is 52.7 Å². The molecule has 0 spiro atoms. The summed E-state index contributed by atoms with van der Waals surface area (Å²) in [6, 6.07) is 52.8. The van der Waals surface area contributed by atoms with Gasteiger partial charge in [-0.25, -0.2) is 9.94 Å². The van der Waals surface area contributed by atoms with Gasteiger partial charge in [-0.05, 0) is 167 Å². The predicted molar refractivity (Wildman–Crippen MR) is 462 cm³/mol. The van der Waals surface area contributed by atoms with Gasteiger partial charge in [-0.15, -0.1) is 11.1 Å². The first kappa shape index (κ1) is 106. The van der Waals surface area contributed by atoms with Gasteiger partial charge in [0.2, 0.25) is 0 Å². The zero-order valence-electron chi connectivity index (χ0n) is 74.5. The SMILES string of the molecule is CC(C)(c1cccc(-n2[c-]c(C(F)(F)F)c(C(F)(F)F)n2)n1)c1cccc(-n2[c-]c(C(F)(F)F)c(C(F)(F)F)n2)n1.CC(C)(c1cccc(-n2[c-]c3ncccc3n2)n1)c1cccc(-n2[c-]c3ncccc3n2)n1.Cc1[c-]n(-c2cccc(C(C)(C)c3cccc(-n4[c-]c(C)c(C)n4)n3)n2)nc1C.[C-]#[N+]c1[c-]n(-c2cccc(C(C)(C)c3cccc(-n4[c-]c(C#N)c([N+]#[C-])n4)n3)n2)nc1C#N.[Pt+2].[Pt+2].[Pt+2].[Pt+2]. The van der Waals surface area contributed by atoms with Gasteiger partial charge in [-0.2, -0.15) is 52.7 Å². The van der Waals surface area contributed by atoms with Gasteiger partial charge in [0.25, 0.3) is 5.82 Å². The van der Waals surface area contributed by atoms with E-state index < -0.39 is 80.5 Å². The summed E-state index contributed by atoms with van der Waals surface area (Å²) in [5.74, 6) is 2.61. The average molecular weight is 2620 g/mol. The number of fused-ring (bicyclic) bond motifs is 2. The number of nitriles is 2. The Morgan fingerprint density at radius 3 is 0.786 bits per heavy atom. The van der Waals surface area contributed by atoms with Gasteiger partial charge in [0.15, 0.2) is 0 Å². The summed E-state index contributed by atoms with van der Waals surface area (Å²) in [4.78, 5) is 52.1. The van der Waals surface area contributed by atoms with E-state index in [0.717, 1.165) is 80.1 Å². The predicted octanol–water partition coefficient (Wildman–Crippen LogP) is 18.3. The van der Waals surface area contributed by atoms with Crippen LogP contribution in [0.25, 0.3) is 78.3 Å². The molecule has 716 valence electrons. The molecule has 0 aliphatic rings. The average Bonchev–Trinajstić information content (AvgIpc) is 1.62. The smallest absolute Gasteiger partial charge is 0.359 e. The number of rotatable bonds is 16. The number of nitrogens with zero attached hydrogens (tertiary/aromatic N) is 30. The Balaban J connectivity index is 0.000000178. The molecule has 18 rings (SSSR count). The van der Waals surface area contributed by atoms with E-state index in [1.54, 1.807) is 55.4 Å². The van der Waals surface area contributed by atoms with Crippen molar-refractivity contribution in [2.45, 2.75) is 129 Å². The summed E-state index contributed by atoms with van der Waals surface area (Å²) in [6.45, 7) is 37.5. The minimum Gasteiger partial charge on any atom is -0.359 e. The number of hydrogen-bond donors (Lipinski definition) is 0. The Morgan fingerprint density at radius 1 is 0.300 bits per heavy atom. The Morgan fingerprint density at radius 2 is 0.571 bits per heavy atom. The van der Waals surface area contributed by atoms with Crippen molar-refractivity contribution < 1.29 is 137 Å². The van der Waals surface area contributed by atoms with E-state index in [1.165, 1.54) is 59.9 Å². The van der Waals surface area contributed by atoms with Crippen molar-refractivity contribution in [3.05, 3.63) is 356 Å². The quantitative estimate of drug-likeness (QED) is 0.0640. The summed E-state index contributed by atoms with van der Waals surface area (Å²) >= 11 is 0. The van der Waals surface area contributed by atoms with Crippen LogP contribution >= 0.6 is 0 Å². The van der Waals surface area contributed by atoms with Crippen molar-refractivity contribution >= 4 is 33.6 Å². The normalized spacial score (nSPS) is 11.7. The third-order valence-corrected chi connectivity index (χ3v) is 21.4.